The number of halogens is 1. The highest BCUT2D eigenvalue weighted by Gasteiger charge is 2.31. The van der Waals surface area contributed by atoms with Crippen molar-refractivity contribution in [2.75, 3.05) is 17.2 Å². The molecule has 0 aliphatic rings. The number of hydrogen-bond acceptors (Lipinski definition) is 7. The average molecular weight is 339 g/mol. The molecule has 0 saturated heterocycles. The summed E-state index contributed by atoms with van der Waals surface area (Å²) in [6, 6.07) is 9.71. The summed E-state index contributed by atoms with van der Waals surface area (Å²) in [6.45, 7) is 5.78. The summed E-state index contributed by atoms with van der Waals surface area (Å²) in [6.07, 6.45) is 0. The number of anilines is 2. The van der Waals surface area contributed by atoms with Gasteiger partial charge in [-0.1, -0.05) is 12.1 Å². The van der Waals surface area contributed by atoms with E-state index in [0.717, 1.165) is 5.56 Å². The Kier molecular flexibility index (Phi) is 5.45. The Balaban J connectivity index is 2.36. The summed E-state index contributed by atoms with van der Waals surface area (Å²) < 4.78 is 13.1. The van der Waals surface area contributed by atoms with Crippen molar-refractivity contribution < 1.29 is 4.39 Å². The second-order valence-electron chi connectivity index (χ2n) is 5.60. The monoisotopic (exact) mass is 339 g/mol. The van der Waals surface area contributed by atoms with Crippen molar-refractivity contribution in [1.29, 1.82) is 10.5 Å². The number of nitriles is 2. The third kappa shape index (κ3) is 4.18. The lowest BCUT2D eigenvalue weighted by atomic mass is 9.94. The maximum atomic E-state index is 13.1. The molecule has 0 radical (unpaired) electrons. The second kappa shape index (κ2) is 7.54. The predicted molar refractivity (Wildman–Crippen MR) is 91.0 cm³/mol. The second-order valence-corrected chi connectivity index (χ2v) is 5.60. The van der Waals surface area contributed by atoms with Crippen LogP contribution in [-0.2, 0) is 5.41 Å². The van der Waals surface area contributed by atoms with Crippen molar-refractivity contribution in [2.24, 2.45) is 0 Å². The molecule has 1 heterocycles. The van der Waals surface area contributed by atoms with E-state index in [-0.39, 0.29) is 29.6 Å². The molecule has 0 fully saturated rings. The van der Waals surface area contributed by atoms with Crippen LogP contribution in [0.2, 0.25) is 0 Å². The van der Waals surface area contributed by atoms with E-state index in [2.05, 4.69) is 25.6 Å². The Labute approximate surface area is 145 Å². The van der Waals surface area contributed by atoms with Gasteiger partial charge in [0.05, 0.1) is 18.2 Å². The third-order valence-corrected chi connectivity index (χ3v) is 3.58. The van der Waals surface area contributed by atoms with Gasteiger partial charge in [0.2, 0.25) is 11.9 Å². The van der Waals surface area contributed by atoms with Gasteiger partial charge >= 0.3 is 0 Å². The minimum Gasteiger partial charge on any atom is -0.354 e. The molecule has 2 rings (SSSR count). The van der Waals surface area contributed by atoms with Crippen LogP contribution in [0.25, 0.3) is 0 Å². The van der Waals surface area contributed by atoms with E-state index in [1.165, 1.54) is 19.1 Å². The fraction of sp³-hybridized carbons (Fsp3) is 0.353. The first-order chi connectivity index (χ1) is 11.9. The van der Waals surface area contributed by atoms with Gasteiger partial charge in [-0.25, -0.2) is 4.39 Å². The SMILES string of the molecule is CCNc1nc(NC(C)c2ccc(F)cc2)nc(C(C)(C#N)C#N)n1. The summed E-state index contributed by atoms with van der Waals surface area (Å²) in [5.74, 6) is 0.261. The van der Waals surface area contributed by atoms with Crippen LogP contribution in [0.4, 0.5) is 16.3 Å². The van der Waals surface area contributed by atoms with Gasteiger partial charge < -0.3 is 10.6 Å². The number of aromatic nitrogens is 3. The Morgan fingerprint density at radius 2 is 1.72 bits per heavy atom. The molecule has 0 aliphatic heterocycles. The van der Waals surface area contributed by atoms with Gasteiger partial charge in [0.25, 0.3) is 0 Å². The summed E-state index contributed by atoms with van der Waals surface area (Å²) >= 11 is 0. The molecule has 0 aliphatic carbocycles. The quantitative estimate of drug-likeness (QED) is 0.832. The van der Waals surface area contributed by atoms with Crippen LogP contribution in [0.3, 0.4) is 0 Å². The summed E-state index contributed by atoms with van der Waals surface area (Å²) in [7, 11) is 0. The van der Waals surface area contributed by atoms with Crippen molar-refractivity contribution in [3.05, 3.63) is 41.5 Å². The van der Waals surface area contributed by atoms with E-state index in [4.69, 9.17) is 0 Å². The molecule has 1 aromatic carbocycles. The molecular weight excluding hydrogens is 321 g/mol. The zero-order valence-corrected chi connectivity index (χ0v) is 14.2. The normalized spacial score (nSPS) is 11.9. The van der Waals surface area contributed by atoms with Crippen LogP contribution in [0.15, 0.2) is 24.3 Å². The van der Waals surface area contributed by atoms with Gasteiger partial charge in [0, 0.05) is 6.54 Å². The number of hydrogen-bond donors (Lipinski definition) is 2. The molecule has 1 atom stereocenters. The van der Waals surface area contributed by atoms with Crippen LogP contribution in [-0.4, -0.2) is 21.5 Å². The summed E-state index contributed by atoms with van der Waals surface area (Å²) in [4.78, 5) is 12.6. The highest BCUT2D eigenvalue weighted by atomic mass is 19.1. The fourth-order valence-electron chi connectivity index (χ4n) is 2.05. The van der Waals surface area contributed by atoms with E-state index in [9.17, 15) is 14.9 Å². The molecule has 1 aromatic heterocycles. The van der Waals surface area contributed by atoms with Crippen LogP contribution >= 0.6 is 0 Å². The van der Waals surface area contributed by atoms with Crippen molar-refractivity contribution in [1.82, 2.24) is 15.0 Å². The van der Waals surface area contributed by atoms with Crippen LogP contribution < -0.4 is 10.6 Å². The zero-order chi connectivity index (χ0) is 18.4. The molecule has 0 bridgehead atoms. The first-order valence-electron chi connectivity index (χ1n) is 7.76. The first kappa shape index (κ1) is 18.1. The predicted octanol–water partition coefficient (Wildman–Crippen LogP) is 2.92. The lowest BCUT2D eigenvalue weighted by Gasteiger charge is -2.17. The smallest absolute Gasteiger partial charge is 0.228 e. The summed E-state index contributed by atoms with van der Waals surface area (Å²) in [5, 5.41) is 24.6. The molecule has 7 nitrogen and oxygen atoms in total. The molecule has 25 heavy (non-hydrogen) atoms. The van der Waals surface area contributed by atoms with Gasteiger partial charge in [0.15, 0.2) is 11.2 Å². The maximum absolute atomic E-state index is 13.1. The van der Waals surface area contributed by atoms with Gasteiger partial charge in [-0.3, -0.25) is 0 Å². The topological polar surface area (TPSA) is 110 Å². The number of benzene rings is 1. The number of nitrogens with one attached hydrogen (secondary N) is 2. The maximum Gasteiger partial charge on any atom is 0.228 e. The van der Waals surface area contributed by atoms with Crippen LogP contribution in [0.5, 0.6) is 0 Å². The van der Waals surface area contributed by atoms with E-state index < -0.39 is 5.41 Å². The molecule has 0 spiro atoms. The Morgan fingerprint density at radius 1 is 1.12 bits per heavy atom. The van der Waals surface area contributed by atoms with Crippen LogP contribution in [0, 0.1) is 28.5 Å². The largest absolute Gasteiger partial charge is 0.354 e. The molecule has 1 unspecified atom stereocenters. The van der Waals surface area contributed by atoms with Gasteiger partial charge in [-0.15, -0.1) is 0 Å². The summed E-state index contributed by atoms with van der Waals surface area (Å²) in [5.41, 5.74) is -0.639. The molecule has 128 valence electrons. The lowest BCUT2D eigenvalue weighted by Crippen LogP contribution is -2.23. The highest BCUT2D eigenvalue weighted by Crippen LogP contribution is 2.23. The zero-order valence-electron chi connectivity index (χ0n) is 14.2. The molecule has 0 amide bonds. The van der Waals surface area contributed by atoms with Gasteiger partial charge in [0.1, 0.15) is 5.82 Å². The van der Waals surface area contributed by atoms with E-state index in [1.807, 2.05) is 26.0 Å². The molecule has 0 saturated carbocycles. The fourth-order valence-corrected chi connectivity index (χ4v) is 2.05. The van der Waals surface area contributed by atoms with Gasteiger partial charge in [-0.05, 0) is 38.5 Å². The minimum absolute atomic E-state index is 0.0669. The Hall–Kier alpha value is -3.26. The van der Waals surface area contributed by atoms with Crippen molar-refractivity contribution in [3.63, 3.8) is 0 Å². The molecular formula is C17H18FN7. The van der Waals surface area contributed by atoms with E-state index in [1.54, 1.807) is 12.1 Å². The molecule has 2 N–H and O–H groups in total. The standard InChI is InChI=1S/C17H18FN7/c1-4-21-15-23-14(17(3,9-19)10-20)24-16(25-15)22-11(2)12-5-7-13(18)8-6-12/h5-8,11H,4H2,1-3H3,(H2,21,22,23,24,25). The third-order valence-electron chi connectivity index (χ3n) is 3.58. The Bertz CT molecular complexity index is 806. The van der Waals surface area contributed by atoms with Crippen molar-refractivity contribution >= 4 is 11.9 Å². The van der Waals surface area contributed by atoms with E-state index in [0.29, 0.717) is 6.54 Å². The van der Waals surface area contributed by atoms with Gasteiger partial charge in [-0.2, -0.15) is 25.5 Å². The molecule has 8 heteroatoms. The average Bonchev–Trinajstić information content (AvgIpc) is 2.61. The van der Waals surface area contributed by atoms with Crippen LogP contribution in [0.1, 0.15) is 38.2 Å². The molecule has 2 aromatic rings. The lowest BCUT2D eigenvalue weighted by molar-refractivity contribution is 0.626. The van der Waals surface area contributed by atoms with E-state index >= 15 is 0 Å². The first-order valence-corrected chi connectivity index (χ1v) is 7.76. The van der Waals surface area contributed by atoms with Crippen molar-refractivity contribution in [2.45, 2.75) is 32.2 Å². The van der Waals surface area contributed by atoms with Crippen molar-refractivity contribution in [3.8, 4) is 12.1 Å². The number of nitrogens with zero attached hydrogens (tertiary/aromatic N) is 5. The number of rotatable bonds is 6. The Morgan fingerprint density at radius 3 is 2.28 bits per heavy atom. The minimum atomic E-state index is -1.48. The highest BCUT2D eigenvalue weighted by molar-refractivity contribution is 5.41.